The third-order valence-corrected chi connectivity index (χ3v) is 4.16. The summed E-state index contributed by atoms with van der Waals surface area (Å²) in [7, 11) is 1.63. The number of methoxy groups -OCH3 is 1. The molecule has 134 valence electrons. The molecular weight excluding hydrogens is 344 g/mol. The fourth-order valence-corrected chi connectivity index (χ4v) is 2.86. The van der Waals surface area contributed by atoms with Crippen molar-refractivity contribution in [3.63, 3.8) is 0 Å². The molecule has 0 aliphatic heterocycles. The molecule has 0 saturated heterocycles. The molecule has 4 rings (SSSR count). The van der Waals surface area contributed by atoms with E-state index in [1.165, 1.54) is 6.20 Å². The number of fused-ring (bicyclic) bond motifs is 1. The lowest BCUT2D eigenvalue weighted by Gasteiger charge is -2.11. The molecule has 2 heterocycles. The molecule has 0 fully saturated rings. The maximum atomic E-state index is 11.9. The molecule has 2 aromatic carbocycles. The summed E-state index contributed by atoms with van der Waals surface area (Å²) in [6, 6.07) is 18.9. The van der Waals surface area contributed by atoms with Crippen molar-refractivity contribution in [1.82, 2.24) is 14.7 Å². The zero-order valence-electron chi connectivity index (χ0n) is 14.5. The number of anilines is 2. The van der Waals surface area contributed by atoms with Crippen LogP contribution >= 0.6 is 0 Å². The van der Waals surface area contributed by atoms with Crippen molar-refractivity contribution in [2.75, 3.05) is 12.4 Å². The SMILES string of the molecule is COc1cccc(-c2cccc(Nc3nc(=O)n(O)c4ncccc34)c2)c1. The van der Waals surface area contributed by atoms with Gasteiger partial charge in [0.1, 0.15) is 11.6 Å². The minimum atomic E-state index is -0.798. The third-order valence-electron chi connectivity index (χ3n) is 4.16. The van der Waals surface area contributed by atoms with Gasteiger partial charge in [0.2, 0.25) is 0 Å². The number of nitrogens with zero attached hydrogens (tertiary/aromatic N) is 3. The first-order valence-electron chi connectivity index (χ1n) is 8.24. The van der Waals surface area contributed by atoms with E-state index in [2.05, 4.69) is 15.3 Å². The predicted molar refractivity (Wildman–Crippen MR) is 103 cm³/mol. The van der Waals surface area contributed by atoms with Crippen molar-refractivity contribution in [2.45, 2.75) is 0 Å². The topological polar surface area (TPSA) is 89.3 Å². The highest BCUT2D eigenvalue weighted by atomic mass is 16.5. The number of benzene rings is 2. The number of hydrogen-bond acceptors (Lipinski definition) is 6. The Bertz CT molecular complexity index is 1190. The zero-order valence-corrected chi connectivity index (χ0v) is 14.5. The number of hydrogen-bond donors (Lipinski definition) is 2. The lowest BCUT2D eigenvalue weighted by Crippen LogP contribution is -2.23. The van der Waals surface area contributed by atoms with Gasteiger partial charge in [-0.25, -0.2) is 9.78 Å². The van der Waals surface area contributed by atoms with Gasteiger partial charge in [-0.2, -0.15) is 4.98 Å². The normalized spacial score (nSPS) is 10.7. The number of nitrogens with one attached hydrogen (secondary N) is 1. The zero-order chi connectivity index (χ0) is 18.8. The van der Waals surface area contributed by atoms with E-state index in [0.717, 1.165) is 22.6 Å². The average molecular weight is 360 g/mol. The summed E-state index contributed by atoms with van der Waals surface area (Å²) in [5.74, 6) is 1.10. The van der Waals surface area contributed by atoms with Crippen LogP contribution in [0.25, 0.3) is 22.2 Å². The van der Waals surface area contributed by atoms with Gasteiger partial charge < -0.3 is 15.3 Å². The van der Waals surface area contributed by atoms with Gasteiger partial charge in [0.15, 0.2) is 5.65 Å². The average Bonchev–Trinajstić information content (AvgIpc) is 2.72. The van der Waals surface area contributed by atoms with Gasteiger partial charge in [-0.05, 0) is 47.5 Å². The highest BCUT2D eigenvalue weighted by molar-refractivity contribution is 5.88. The third kappa shape index (κ3) is 3.18. The molecule has 0 saturated carbocycles. The second-order valence-electron chi connectivity index (χ2n) is 5.87. The number of pyridine rings is 1. The highest BCUT2D eigenvalue weighted by Crippen LogP contribution is 2.28. The van der Waals surface area contributed by atoms with E-state index in [0.29, 0.717) is 15.9 Å². The summed E-state index contributed by atoms with van der Waals surface area (Å²) >= 11 is 0. The van der Waals surface area contributed by atoms with E-state index in [4.69, 9.17) is 4.74 Å². The van der Waals surface area contributed by atoms with Crippen LogP contribution in [0.3, 0.4) is 0 Å². The lowest BCUT2D eigenvalue weighted by atomic mass is 10.0. The van der Waals surface area contributed by atoms with Crippen LogP contribution in [0.15, 0.2) is 71.7 Å². The molecule has 4 aromatic rings. The molecule has 0 aliphatic carbocycles. The van der Waals surface area contributed by atoms with E-state index in [1.807, 2.05) is 48.5 Å². The molecule has 0 atom stereocenters. The fourth-order valence-electron chi connectivity index (χ4n) is 2.86. The molecule has 27 heavy (non-hydrogen) atoms. The number of aromatic nitrogens is 3. The van der Waals surface area contributed by atoms with Crippen molar-refractivity contribution in [3.05, 3.63) is 77.3 Å². The molecule has 2 N–H and O–H groups in total. The Labute approximate surface area is 154 Å². The quantitative estimate of drug-likeness (QED) is 0.542. The van der Waals surface area contributed by atoms with Gasteiger partial charge >= 0.3 is 5.69 Å². The van der Waals surface area contributed by atoms with Gasteiger partial charge in [0.05, 0.1) is 12.5 Å². The van der Waals surface area contributed by atoms with Crippen molar-refractivity contribution < 1.29 is 9.94 Å². The Balaban J connectivity index is 1.75. The maximum absolute atomic E-state index is 11.9. The molecule has 2 aromatic heterocycles. The van der Waals surface area contributed by atoms with Crippen LogP contribution in [-0.4, -0.2) is 27.0 Å². The Morgan fingerprint density at radius 3 is 2.63 bits per heavy atom. The van der Waals surface area contributed by atoms with Crippen LogP contribution in [-0.2, 0) is 0 Å². The minimum Gasteiger partial charge on any atom is -0.497 e. The smallest absolute Gasteiger partial charge is 0.384 e. The first-order valence-corrected chi connectivity index (χ1v) is 8.24. The van der Waals surface area contributed by atoms with Gasteiger partial charge in [-0.1, -0.05) is 24.3 Å². The van der Waals surface area contributed by atoms with Gasteiger partial charge in [0.25, 0.3) is 0 Å². The fraction of sp³-hybridized carbons (Fsp3) is 0.0500. The Hall–Kier alpha value is -3.87. The van der Waals surface area contributed by atoms with Crippen LogP contribution in [0.2, 0.25) is 0 Å². The van der Waals surface area contributed by atoms with Crippen LogP contribution in [0, 0.1) is 0 Å². The summed E-state index contributed by atoms with van der Waals surface area (Å²) in [5.41, 5.74) is 2.08. The van der Waals surface area contributed by atoms with Crippen molar-refractivity contribution in [3.8, 4) is 16.9 Å². The van der Waals surface area contributed by atoms with Gasteiger partial charge in [-0.3, -0.25) is 0 Å². The van der Waals surface area contributed by atoms with Crippen LogP contribution in [0.5, 0.6) is 5.75 Å². The monoisotopic (exact) mass is 360 g/mol. The molecule has 0 bridgehead atoms. The summed E-state index contributed by atoms with van der Waals surface area (Å²) in [4.78, 5) is 19.9. The summed E-state index contributed by atoms with van der Waals surface area (Å²) in [6.45, 7) is 0. The highest BCUT2D eigenvalue weighted by Gasteiger charge is 2.11. The second kappa shape index (κ2) is 6.80. The van der Waals surface area contributed by atoms with Crippen molar-refractivity contribution in [2.24, 2.45) is 0 Å². The molecule has 7 heteroatoms. The van der Waals surface area contributed by atoms with E-state index in [-0.39, 0.29) is 5.65 Å². The molecule has 0 radical (unpaired) electrons. The maximum Gasteiger partial charge on any atom is 0.384 e. The first-order chi connectivity index (χ1) is 13.2. The van der Waals surface area contributed by atoms with Crippen LogP contribution in [0.1, 0.15) is 0 Å². The van der Waals surface area contributed by atoms with Crippen LogP contribution < -0.4 is 15.7 Å². The molecule has 0 amide bonds. The predicted octanol–water partition coefficient (Wildman–Crippen LogP) is 3.45. The standard InChI is InChI=1S/C20H16N4O3/c1-27-16-8-3-6-14(12-16)13-5-2-7-15(11-13)22-18-17-9-4-10-21-19(17)24(26)20(25)23-18/h2-12,26H,1H3,(H,22,23,25). The number of rotatable bonds is 4. The Morgan fingerprint density at radius 1 is 1.04 bits per heavy atom. The van der Waals surface area contributed by atoms with Crippen molar-refractivity contribution in [1.29, 1.82) is 0 Å². The van der Waals surface area contributed by atoms with Gasteiger partial charge in [-0.15, -0.1) is 4.73 Å². The number of ether oxygens (including phenoxy) is 1. The second-order valence-corrected chi connectivity index (χ2v) is 5.87. The summed E-state index contributed by atoms with van der Waals surface area (Å²) in [6.07, 6.45) is 1.50. The summed E-state index contributed by atoms with van der Waals surface area (Å²) < 4.78 is 5.72. The van der Waals surface area contributed by atoms with E-state index < -0.39 is 5.69 Å². The minimum absolute atomic E-state index is 0.143. The first kappa shape index (κ1) is 16.6. The van der Waals surface area contributed by atoms with E-state index >= 15 is 0 Å². The molecule has 0 aliphatic rings. The molecule has 0 spiro atoms. The molecular formula is C20H16N4O3. The Kier molecular flexibility index (Phi) is 4.18. The largest absolute Gasteiger partial charge is 0.497 e. The molecule has 7 nitrogen and oxygen atoms in total. The van der Waals surface area contributed by atoms with E-state index in [1.54, 1.807) is 19.2 Å². The Morgan fingerprint density at radius 2 is 1.81 bits per heavy atom. The van der Waals surface area contributed by atoms with E-state index in [9.17, 15) is 10.0 Å². The molecule has 0 unspecified atom stereocenters. The van der Waals surface area contributed by atoms with Gasteiger partial charge in [0, 0.05) is 11.9 Å². The lowest BCUT2D eigenvalue weighted by molar-refractivity contribution is 0.182. The summed E-state index contributed by atoms with van der Waals surface area (Å²) in [5, 5.41) is 13.5. The van der Waals surface area contributed by atoms with Crippen molar-refractivity contribution >= 4 is 22.5 Å². The van der Waals surface area contributed by atoms with Crippen LogP contribution in [0.4, 0.5) is 11.5 Å².